The van der Waals surface area contributed by atoms with E-state index in [0.29, 0.717) is 26.2 Å². The molecule has 0 radical (unpaired) electrons. The first kappa shape index (κ1) is 49.9. The van der Waals surface area contributed by atoms with Crippen molar-refractivity contribution in [3.8, 4) is 0 Å². The predicted molar refractivity (Wildman–Crippen MR) is 243 cm³/mol. The van der Waals surface area contributed by atoms with Gasteiger partial charge >= 0.3 is 5.97 Å². The van der Waals surface area contributed by atoms with Crippen molar-refractivity contribution in [2.45, 2.75) is 147 Å². The van der Waals surface area contributed by atoms with E-state index in [2.05, 4.69) is 5.32 Å². The zero-order chi connectivity index (χ0) is 45.6. The third-order valence-corrected chi connectivity index (χ3v) is 11.6. The second kappa shape index (κ2) is 27.2. The molecule has 6 rings (SSSR count). The van der Waals surface area contributed by atoms with Gasteiger partial charge in [-0.25, -0.2) is 0 Å². The molecule has 13 nitrogen and oxygen atoms in total. The average Bonchev–Trinajstić information content (AvgIpc) is 3.32. The van der Waals surface area contributed by atoms with Crippen molar-refractivity contribution in [2.75, 3.05) is 20.3 Å². The topological polar surface area (TPSA) is 149 Å². The lowest BCUT2D eigenvalue weighted by Crippen LogP contribution is -2.68. The Kier molecular flexibility index (Phi) is 20.9. The maximum Gasteiger partial charge on any atom is 0.305 e. The van der Waals surface area contributed by atoms with Crippen LogP contribution in [0.3, 0.4) is 0 Å². The molecule has 0 spiro atoms. The molecule has 0 saturated carbocycles. The maximum absolute atomic E-state index is 12.9. The third kappa shape index (κ3) is 16.1. The predicted octanol–water partition coefficient (Wildman–Crippen LogP) is 7.60. The number of aliphatic hydroxyl groups is 1. The minimum Gasteiger partial charge on any atom is -0.469 e. The number of methoxy groups -OCH3 is 1. The number of carbonyl (C=O) groups is 2. The number of hydrogen-bond donors (Lipinski definition) is 2. The van der Waals surface area contributed by atoms with Crippen LogP contribution in [0.2, 0.25) is 0 Å². The van der Waals surface area contributed by atoms with Gasteiger partial charge in [0.2, 0.25) is 5.91 Å². The minimum atomic E-state index is -1.29. The number of carbonyl (C=O) groups excluding carboxylic acids is 2. The number of benzene rings is 4. The molecule has 0 aromatic heterocycles. The fourth-order valence-electron chi connectivity index (χ4n) is 8.13. The zero-order valence-corrected chi connectivity index (χ0v) is 38.0. The van der Waals surface area contributed by atoms with Crippen molar-refractivity contribution in [3.63, 3.8) is 0 Å². The molecule has 352 valence electrons. The minimum absolute atomic E-state index is 0.0161. The average molecular weight is 898 g/mol. The van der Waals surface area contributed by atoms with E-state index >= 15 is 0 Å². The molecule has 2 aliphatic rings. The Morgan fingerprint density at radius 3 is 1.62 bits per heavy atom. The monoisotopic (exact) mass is 897 g/mol. The standard InChI is InChI=1S/C52H67NO12/c1-37-47(60-33-40-24-14-9-15-25-40)49(61-34-41-26-16-10-17-27-41)50(62-35-42-28-18-11-19-29-42)52(63-37)65-48-45(53-38(2)54)51(59-31-21-7-5-4-6-20-30-44(55)57-3)64-43(46(48)56)36-58-32-39-22-12-8-13-23-39/h8-19,22-29,37,43,45-52,56H,4-7,20-21,30-36H2,1-3H3,(H,53,54)/t37-,43+,45+,46+,47+,48+,49+,50-,51+,52-/m0/s1. The smallest absolute Gasteiger partial charge is 0.305 e. The number of nitrogens with one attached hydrogen (secondary N) is 1. The van der Waals surface area contributed by atoms with Crippen LogP contribution in [0.25, 0.3) is 0 Å². The summed E-state index contributed by atoms with van der Waals surface area (Å²) < 4.78 is 57.7. The highest BCUT2D eigenvalue weighted by Crippen LogP contribution is 2.35. The number of esters is 1. The molecular weight excluding hydrogens is 831 g/mol. The first-order chi connectivity index (χ1) is 31.8. The van der Waals surface area contributed by atoms with E-state index in [1.807, 2.05) is 128 Å². The van der Waals surface area contributed by atoms with Gasteiger partial charge in [-0.05, 0) is 42.0 Å². The lowest BCUT2D eigenvalue weighted by atomic mass is 9.95. The van der Waals surface area contributed by atoms with E-state index in [1.54, 1.807) is 0 Å². The van der Waals surface area contributed by atoms with Crippen LogP contribution in [-0.2, 0) is 78.6 Å². The second-order valence-electron chi connectivity index (χ2n) is 16.7. The van der Waals surface area contributed by atoms with Crippen LogP contribution in [0.1, 0.15) is 81.0 Å². The summed E-state index contributed by atoms with van der Waals surface area (Å²) in [5, 5.41) is 15.2. The molecule has 65 heavy (non-hydrogen) atoms. The Morgan fingerprint density at radius 1 is 0.585 bits per heavy atom. The summed E-state index contributed by atoms with van der Waals surface area (Å²) in [6.45, 7) is 4.74. The summed E-state index contributed by atoms with van der Waals surface area (Å²) >= 11 is 0. The molecule has 2 aliphatic heterocycles. The fourth-order valence-corrected chi connectivity index (χ4v) is 8.13. The highest BCUT2D eigenvalue weighted by molar-refractivity contribution is 5.73. The van der Waals surface area contributed by atoms with Crippen LogP contribution < -0.4 is 5.32 Å². The van der Waals surface area contributed by atoms with Crippen molar-refractivity contribution < 1.29 is 57.3 Å². The summed E-state index contributed by atoms with van der Waals surface area (Å²) in [5.74, 6) is -0.546. The van der Waals surface area contributed by atoms with Gasteiger partial charge in [0, 0.05) is 20.0 Å². The van der Waals surface area contributed by atoms with E-state index in [1.165, 1.54) is 14.0 Å². The van der Waals surface area contributed by atoms with E-state index in [9.17, 15) is 14.7 Å². The van der Waals surface area contributed by atoms with Crippen LogP contribution in [-0.4, -0.2) is 98.7 Å². The lowest BCUT2D eigenvalue weighted by molar-refractivity contribution is -0.355. The number of aliphatic hydroxyl groups excluding tert-OH is 1. The van der Waals surface area contributed by atoms with Gasteiger partial charge in [0.1, 0.15) is 42.7 Å². The molecule has 0 unspecified atom stereocenters. The fraction of sp³-hybridized carbons (Fsp3) is 0.500. The molecule has 0 bridgehead atoms. The number of rotatable bonds is 26. The molecular formula is C52H67NO12. The van der Waals surface area contributed by atoms with Crippen LogP contribution in [0.5, 0.6) is 0 Å². The van der Waals surface area contributed by atoms with Gasteiger partial charge < -0.3 is 53.1 Å². The number of ether oxygens (including phenoxy) is 9. The van der Waals surface area contributed by atoms with Gasteiger partial charge in [-0.2, -0.15) is 0 Å². The number of hydrogen-bond acceptors (Lipinski definition) is 12. The van der Waals surface area contributed by atoms with E-state index in [-0.39, 0.29) is 31.7 Å². The Hall–Kier alpha value is -4.54. The molecule has 13 heteroatoms. The van der Waals surface area contributed by atoms with E-state index in [4.69, 9.17) is 42.6 Å². The van der Waals surface area contributed by atoms with Crippen LogP contribution in [0.4, 0.5) is 0 Å². The van der Waals surface area contributed by atoms with Gasteiger partial charge in [-0.3, -0.25) is 9.59 Å². The summed E-state index contributed by atoms with van der Waals surface area (Å²) in [5.41, 5.74) is 3.86. The molecule has 2 fully saturated rings. The van der Waals surface area contributed by atoms with Crippen molar-refractivity contribution in [2.24, 2.45) is 0 Å². The maximum atomic E-state index is 12.9. The number of unbranched alkanes of at least 4 members (excludes halogenated alkanes) is 5. The highest BCUT2D eigenvalue weighted by atomic mass is 16.7. The van der Waals surface area contributed by atoms with Crippen molar-refractivity contribution in [3.05, 3.63) is 144 Å². The molecule has 2 N–H and O–H groups in total. The SMILES string of the molecule is COC(=O)CCCCCCCCO[C@@H]1O[C@H](COCc2ccccc2)[C@@H](O)[C@H](O[C@@H]2O[C@@H](C)[C@@H](OCc3ccccc3)[C@@H](OCc3ccccc3)[C@@H]2OCc2ccccc2)[C@H]1NC(C)=O. The highest BCUT2D eigenvalue weighted by Gasteiger charge is 2.53. The quantitative estimate of drug-likeness (QED) is 0.0472. The molecule has 4 aromatic rings. The Balaban J connectivity index is 1.25. The van der Waals surface area contributed by atoms with Crippen LogP contribution >= 0.6 is 0 Å². The first-order valence-corrected chi connectivity index (χ1v) is 23.0. The van der Waals surface area contributed by atoms with E-state index < -0.39 is 61.3 Å². The second-order valence-corrected chi connectivity index (χ2v) is 16.7. The van der Waals surface area contributed by atoms with Gasteiger partial charge in [-0.15, -0.1) is 0 Å². The Bertz CT molecular complexity index is 1930. The van der Waals surface area contributed by atoms with Crippen molar-refractivity contribution in [1.82, 2.24) is 5.32 Å². The first-order valence-electron chi connectivity index (χ1n) is 23.0. The molecule has 0 aliphatic carbocycles. The zero-order valence-electron chi connectivity index (χ0n) is 38.0. The summed E-state index contributed by atoms with van der Waals surface area (Å²) in [4.78, 5) is 24.4. The van der Waals surface area contributed by atoms with Crippen molar-refractivity contribution >= 4 is 11.9 Å². The summed E-state index contributed by atoms with van der Waals surface area (Å²) in [7, 11) is 1.41. The Morgan fingerprint density at radius 2 is 1.08 bits per heavy atom. The lowest BCUT2D eigenvalue weighted by Gasteiger charge is -2.49. The Labute approximate surface area is 383 Å². The molecule has 1 amide bonds. The normalized spacial score (nSPS) is 25.5. The third-order valence-electron chi connectivity index (χ3n) is 11.6. The molecule has 10 atom stereocenters. The van der Waals surface area contributed by atoms with Gasteiger partial charge in [0.15, 0.2) is 12.6 Å². The van der Waals surface area contributed by atoms with Gasteiger partial charge in [0.05, 0.1) is 46.2 Å². The van der Waals surface area contributed by atoms with Gasteiger partial charge in [0.25, 0.3) is 0 Å². The number of amides is 1. The van der Waals surface area contributed by atoms with Gasteiger partial charge in [-0.1, -0.05) is 147 Å². The van der Waals surface area contributed by atoms with Crippen molar-refractivity contribution in [1.29, 1.82) is 0 Å². The summed E-state index contributed by atoms with van der Waals surface area (Å²) in [6, 6.07) is 38.4. The summed E-state index contributed by atoms with van der Waals surface area (Å²) in [6.07, 6.45) is -2.41. The van der Waals surface area contributed by atoms with Crippen LogP contribution in [0.15, 0.2) is 121 Å². The largest absolute Gasteiger partial charge is 0.469 e. The molecule has 2 heterocycles. The molecule has 2 saturated heterocycles. The van der Waals surface area contributed by atoms with E-state index in [0.717, 1.165) is 60.8 Å². The van der Waals surface area contributed by atoms with Crippen LogP contribution in [0, 0.1) is 0 Å². The molecule has 4 aromatic carbocycles.